The fourth-order valence-electron chi connectivity index (χ4n) is 2.64. The van der Waals surface area contributed by atoms with E-state index in [1.54, 1.807) is 31.4 Å². The number of para-hydroxylation sites is 2. The van der Waals surface area contributed by atoms with Crippen LogP contribution < -0.4 is 20.1 Å². The highest BCUT2D eigenvalue weighted by Crippen LogP contribution is 2.31. The summed E-state index contributed by atoms with van der Waals surface area (Å²) in [6, 6.07) is 14.5. The third-order valence-electron chi connectivity index (χ3n) is 4.06. The van der Waals surface area contributed by atoms with Gasteiger partial charge in [0.25, 0.3) is 0 Å². The van der Waals surface area contributed by atoms with Crippen LogP contribution in [0.25, 0.3) is 0 Å². The Labute approximate surface area is 146 Å². The van der Waals surface area contributed by atoms with Crippen LogP contribution in [0.5, 0.6) is 17.2 Å². The predicted octanol–water partition coefficient (Wildman–Crippen LogP) is 2.95. The molecule has 0 aliphatic carbocycles. The smallest absolute Gasteiger partial charge is 0.229 e. The Morgan fingerprint density at radius 2 is 1.84 bits per heavy atom. The number of carbonyl (C=O) groups is 2. The van der Waals surface area contributed by atoms with Crippen LogP contribution >= 0.6 is 0 Å². The van der Waals surface area contributed by atoms with E-state index in [0.717, 1.165) is 0 Å². The lowest BCUT2D eigenvalue weighted by atomic mass is 9.98. The van der Waals surface area contributed by atoms with Gasteiger partial charge in [0, 0.05) is 18.7 Å². The largest absolute Gasteiger partial charge is 0.493 e. The molecule has 1 atom stereocenters. The summed E-state index contributed by atoms with van der Waals surface area (Å²) in [4.78, 5) is 23.4. The zero-order valence-electron chi connectivity index (χ0n) is 14.0. The summed E-state index contributed by atoms with van der Waals surface area (Å²) in [5, 5.41) is 5.58. The molecule has 6 heteroatoms. The number of rotatable bonds is 5. The zero-order valence-corrected chi connectivity index (χ0v) is 14.0. The fraction of sp³-hybridized carbons (Fsp3) is 0.263. The molecule has 1 fully saturated rings. The van der Waals surface area contributed by atoms with Gasteiger partial charge in [0.05, 0.1) is 13.0 Å². The Bertz CT molecular complexity index is 748. The maximum Gasteiger partial charge on any atom is 0.229 e. The van der Waals surface area contributed by atoms with E-state index < -0.39 is 0 Å². The maximum atomic E-state index is 12.2. The van der Waals surface area contributed by atoms with Gasteiger partial charge in [0.2, 0.25) is 11.8 Å². The van der Waals surface area contributed by atoms with Gasteiger partial charge in [-0.25, -0.2) is 0 Å². The molecule has 0 bridgehead atoms. The van der Waals surface area contributed by atoms with E-state index in [9.17, 15) is 9.59 Å². The summed E-state index contributed by atoms with van der Waals surface area (Å²) in [5.41, 5.74) is 0.689. The molecule has 2 amide bonds. The van der Waals surface area contributed by atoms with Crippen molar-refractivity contribution in [3.63, 3.8) is 0 Å². The minimum Gasteiger partial charge on any atom is -0.493 e. The number of amides is 2. The summed E-state index contributed by atoms with van der Waals surface area (Å²) in [7, 11) is 1.59. The van der Waals surface area contributed by atoms with Crippen molar-refractivity contribution in [1.82, 2.24) is 5.32 Å². The van der Waals surface area contributed by atoms with Crippen LogP contribution in [-0.4, -0.2) is 25.5 Å². The average molecular weight is 340 g/mol. The second kappa shape index (κ2) is 7.70. The lowest BCUT2D eigenvalue weighted by Crippen LogP contribution is -2.40. The van der Waals surface area contributed by atoms with Crippen LogP contribution in [0.2, 0.25) is 0 Å². The molecule has 1 saturated heterocycles. The molecule has 1 aliphatic rings. The maximum absolute atomic E-state index is 12.2. The first-order valence-electron chi connectivity index (χ1n) is 8.14. The van der Waals surface area contributed by atoms with E-state index in [1.165, 1.54) is 0 Å². The van der Waals surface area contributed by atoms with Crippen LogP contribution in [0, 0.1) is 5.92 Å². The van der Waals surface area contributed by atoms with Crippen molar-refractivity contribution in [2.75, 3.05) is 19.0 Å². The molecule has 1 heterocycles. The summed E-state index contributed by atoms with van der Waals surface area (Å²) in [6.45, 7) is 0.389. The van der Waals surface area contributed by atoms with E-state index in [1.807, 2.05) is 24.3 Å². The predicted molar refractivity (Wildman–Crippen MR) is 93.9 cm³/mol. The molecule has 1 unspecified atom stereocenters. The van der Waals surface area contributed by atoms with Gasteiger partial charge in [-0.3, -0.25) is 9.59 Å². The molecule has 2 aromatic rings. The molecule has 25 heavy (non-hydrogen) atoms. The average Bonchev–Trinajstić information content (AvgIpc) is 2.64. The highest BCUT2D eigenvalue weighted by molar-refractivity contribution is 5.94. The third kappa shape index (κ3) is 4.29. The highest BCUT2D eigenvalue weighted by Gasteiger charge is 2.24. The summed E-state index contributed by atoms with van der Waals surface area (Å²) in [6.07, 6.45) is 0.969. The molecule has 1 aliphatic heterocycles. The fourth-order valence-corrected chi connectivity index (χ4v) is 2.64. The molecular weight excluding hydrogens is 320 g/mol. The number of carbonyl (C=O) groups excluding carboxylic acids is 2. The Balaban J connectivity index is 1.60. The molecular formula is C19H20N2O4. The molecule has 6 nitrogen and oxygen atoms in total. The van der Waals surface area contributed by atoms with Crippen molar-refractivity contribution in [3.8, 4) is 17.2 Å². The molecule has 130 valence electrons. The Hall–Kier alpha value is -3.02. The number of piperidine rings is 1. The number of nitrogens with one attached hydrogen (secondary N) is 2. The molecule has 0 spiro atoms. The lowest BCUT2D eigenvalue weighted by Gasteiger charge is -2.21. The summed E-state index contributed by atoms with van der Waals surface area (Å²) in [5.74, 6) is 1.65. The molecule has 2 aromatic carbocycles. The first-order valence-corrected chi connectivity index (χ1v) is 8.14. The normalized spacial score (nSPS) is 16.7. The van der Waals surface area contributed by atoms with Gasteiger partial charge in [-0.1, -0.05) is 12.1 Å². The van der Waals surface area contributed by atoms with Gasteiger partial charge in [-0.15, -0.1) is 0 Å². The molecule has 0 aromatic heterocycles. The van der Waals surface area contributed by atoms with Crippen molar-refractivity contribution in [2.24, 2.45) is 5.92 Å². The van der Waals surface area contributed by atoms with Crippen LogP contribution in [0.4, 0.5) is 5.69 Å². The summed E-state index contributed by atoms with van der Waals surface area (Å²) >= 11 is 0. The standard InChI is InChI=1S/C19H20N2O4/c1-24-16-4-2-3-5-17(16)25-15-9-7-14(8-10-15)21-19(23)13-6-11-18(22)20-12-13/h2-5,7-10,13H,6,11-12H2,1H3,(H,20,22)(H,21,23). The number of anilines is 1. The minimum absolute atomic E-state index is 0.00175. The lowest BCUT2D eigenvalue weighted by molar-refractivity contribution is -0.126. The van der Waals surface area contributed by atoms with Crippen molar-refractivity contribution in [1.29, 1.82) is 0 Å². The van der Waals surface area contributed by atoms with Gasteiger partial charge in [-0.05, 0) is 42.8 Å². The Morgan fingerprint density at radius 1 is 1.12 bits per heavy atom. The Morgan fingerprint density at radius 3 is 2.48 bits per heavy atom. The van der Waals surface area contributed by atoms with Crippen molar-refractivity contribution >= 4 is 17.5 Å². The van der Waals surface area contributed by atoms with Crippen LogP contribution in [0.1, 0.15) is 12.8 Å². The van der Waals surface area contributed by atoms with E-state index in [-0.39, 0.29) is 17.7 Å². The van der Waals surface area contributed by atoms with E-state index in [2.05, 4.69) is 10.6 Å². The van der Waals surface area contributed by atoms with E-state index in [4.69, 9.17) is 9.47 Å². The summed E-state index contributed by atoms with van der Waals surface area (Å²) < 4.78 is 11.1. The van der Waals surface area contributed by atoms with Gasteiger partial charge >= 0.3 is 0 Å². The second-order valence-corrected chi connectivity index (χ2v) is 5.81. The Kier molecular flexibility index (Phi) is 5.18. The van der Waals surface area contributed by atoms with Crippen LogP contribution in [0.3, 0.4) is 0 Å². The van der Waals surface area contributed by atoms with Crippen LogP contribution in [0.15, 0.2) is 48.5 Å². The SMILES string of the molecule is COc1ccccc1Oc1ccc(NC(=O)C2CCC(=O)NC2)cc1. The molecule has 2 N–H and O–H groups in total. The monoisotopic (exact) mass is 340 g/mol. The topological polar surface area (TPSA) is 76.7 Å². The van der Waals surface area contributed by atoms with Crippen molar-refractivity contribution in [3.05, 3.63) is 48.5 Å². The number of hydrogen-bond acceptors (Lipinski definition) is 4. The molecule has 3 rings (SSSR count). The number of hydrogen-bond donors (Lipinski definition) is 2. The third-order valence-corrected chi connectivity index (χ3v) is 4.06. The first kappa shape index (κ1) is 16.8. The quantitative estimate of drug-likeness (QED) is 0.877. The van der Waals surface area contributed by atoms with Crippen LogP contribution in [-0.2, 0) is 9.59 Å². The van der Waals surface area contributed by atoms with Gasteiger partial charge in [0.1, 0.15) is 5.75 Å². The second-order valence-electron chi connectivity index (χ2n) is 5.81. The number of benzene rings is 2. The number of methoxy groups -OCH3 is 1. The van der Waals surface area contributed by atoms with Gasteiger partial charge in [0.15, 0.2) is 11.5 Å². The molecule has 0 radical (unpaired) electrons. The van der Waals surface area contributed by atoms with Gasteiger partial charge in [-0.2, -0.15) is 0 Å². The van der Waals surface area contributed by atoms with Crippen molar-refractivity contribution < 1.29 is 19.1 Å². The highest BCUT2D eigenvalue weighted by atomic mass is 16.5. The van der Waals surface area contributed by atoms with E-state index in [0.29, 0.717) is 42.3 Å². The van der Waals surface area contributed by atoms with Crippen molar-refractivity contribution in [2.45, 2.75) is 12.8 Å². The van der Waals surface area contributed by atoms with Gasteiger partial charge < -0.3 is 20.1 Å². The zero-order chi connectivity index (χ0) is 17.6. The first-order chi connectivity index (χ1) is 12.2. The molecule has 0 saturated carbocycles. The van der Waals surface area contributed by atoms with E-state index >= 15 is 0 Å². The minimum atomic E-state index is -0.192. The number of ether oxygens (including phenoxy) is 2.